The van der Waals surface area contributed by atoms with Crippen LogP contribution < -0.4 is 0 Å². The number of aromatic nitrogens is 3. The lowest BCUT2D eigenvalue weighted by molar-refractivity contribution is -0.147. The second-order valence-electron chi connectivity index (χ2n) is 6.78. The van der Waals surface area contributed by atoms with E-state index in [1.54, 1.807) is 15.6 Å². The Morgan fingerprint density at radius 1 is 1.26 bits per heavy atom. The molecule has 1 saturated heterocycles. The van der Waals surface area contributed by atoms with Gasteiger partial charge in [0.25, 0.3) is 5.91 Å². The third-order valence-electron chi connectivity index (χ3n) is 5.18. The molecule has 0 N–H and O–H groups in total. The van der Waals surface area contributed by atoms with Crippen LogP contribution in [0.15, 0.2) is 18.6 Å². The number of carbonyl (C=O) groups is 2. The number of esters is 1. The molecular weight excluding hydrogens is 346 g/mol. The molecule has 0 aliphatic carbocycles. The van der Waals surface area contributed by atoms with E-state index >= 15 is 0 Å². The van der Waals surface area contributed by atoms with Crippen LogP contribution in [0.5, 0.6) is 0 Å². The van der Waals surface area contributed by atoms with Gasteiger partial charge in [-0.25, -0.2) is 14.3 Å². The van der Waals surface area contributed by atoms with Gasteiger partial charge in [-0.3, -0.25) is 9.69 Å². The molecule has 146 valence electrons. The molecule has 1 atom stereocenters. The van der Waals surface area contributed by atoms with E-state index in [0.717, 1.165) is 38.0 Å². The summed E-state index contributed by atoms with van der Waals surface area (Å²) in [5.74, 6) is -0.585. The van der Waals surface area contributed by atoms with Gasteiger partial charge in [-0.2, -0.15) is 5.10 Å². The molecule has 0 unspecified atom stereocenters. The van der Waals surface area contributed by atoms with Gasteiger partial charge < -0.3 is 9.64 Å². The maximum atomic E-state index is 13.1. The molecule has 2 aromatic rings. The molecule has 8 nitrogen and oxygen atoms in total. The number of fused-ring (bicyclic) bond motifs is 1. The summed E-state index contributed by atoms with van der Waals surface area (Å²) in [4.78, 5) is 33.5. The van der Waals surface area contributed by atoms with Crippen molar-refractivity contribution in [3.8, 4) is 0 Å². The Bertz CT molecular complexity index is 815. The van der Waals surface area contributed by atoms with Crippen molar-refractivity contribution < 1.29 is 14.3 Å². The van der Waals surface area contributed by atoms with Crippen LogP contribution in [-0.4, -0.2) is 69.1 Å². The van der Waals surface area contributed by atoms with E-state index in [4.69, 9.17) is 4.74 Å². The van der Waals surface area contributed by atoms with Gasteiger partial charge in [0.05, 0.1) is 13.3 Å². The third-order valence-corrected chi connectivity index (χ3v) is 5.18. The Kier molecular flexibility index (Phi) is 6.05. The highest BCUT2D eigenvalue weighted by molar-refractivity contribution is 6.01. The van der Waals surface area contributed by atoms with Crippen LogP contribution in [0.2, 0.25) is 0 Å². The van der Waals surface area contributed by atoms with Crippen LogP contribution in [0.4, 0.5) is 0 Å². The lowest BCUT2D eigenvalue weighted by atomic mass is 10.0. The zero-order valence-electron chi connectivity index (χ0n) is 16.2. The first-order chi connectivity index (χ1) is 13.1. The number of nitrogens with zero attached hydrogens (tertiary/aromatic N) is 5. The fraction of sp³-hybridized carbons (Fsp3) is 0.579. The van der Waals surface area contributed by atoms with Gasteiger partial charge in [-0.05, 0) is 32.4 Å². The molecule has 2 aromatic heterocycles. The van der Waals surface area contributed by atoms with E-state index in [0.29, 0.717) is 24.2 Å². The maximum absolute atomic E-state index is 13.1. The van der Waals surface area contributed by atoms with Gasteiger partial charge >= 0.3 is 5.97 Å². The maximum Gasteiger partial charge on any atom is 0.328 e. The molecule has 0 aromatic carbocycles. The summed E-state index contributed by atoms with van der Waals surface area (Å²) in [5.41, 5.74) is 1.97. The largest absolute Gasteiger partial charge is 0.467 e. The topological polar surface area (TPSA) is 80.0 Å². The first-order valence-electron chi connectivity index (χ1n) is 9.52. The molecule has 8 heteroatoms. The van der Waals surface area contributed by atoms with Crippen LogP contribution in [0.3, 0.4) is 0 Å². The average Bonchev–Trinajstić information content (AvgIpc) is 3.14. The van der Waals surface area contributed by atoms with E-state index < -0.39 is 6.04 Å². The molecule has 1 fully saturated rings. The number of hydrogen-bond donors (Lipinski definition) is 0. The van der Waals surface area contributed by atoms with Crippen molar-refractivity contribution in [2.75, 3.05) is 26.7 Å². The average molecular weight is 373 g/mol. The number of carbonyl (C=O) groups excluding carboxylic acids is 2. The Morgan fingerprint density at radius 2 is 2.04 bits per heavy atom. The standard InChI is InChI=1S/C19H27N5O3/c1-4-22(5-2)12-14-10-20-17-15(11-21-24(17)13-14)18(25)23-9-7-6-8-16(23)19(26)27-3/h10-11,13,16H,4-9,12H2,1-3H3/t16-/m0/s1. The highest BCUT2D eigenvalue weighted by atomic mass is 16.5. The summed E-state index contributed by atoms with van der Waals surface area (Å²) >= 11 is 0. The lowest BCUT2D eigenvalue weighted by Gasteiger charge is -2.33. The van der Waals surface area contributed by atoms with Crippen molar-refractivity contribution in [1.29, 1.82) is 0 Å². The summed E-state index contributed by atoms with van der Waals surface area (Å²) in [6.45, 7) is 7.49. The molecule has 0 spiro atoms. The van der Waals surface area contributed by atoms with Crippen molar-refractivity contribution in [2.24, 2.45) is 0 Å². The second kappa shape index (κ2) is 8.47. The normalized spacial score (nSPS) is 17.5. The molecule has 1 aliphatic heterocycles. The van der Waals surface area contributed by atoms with Crippen molar-refractivity contribution in [2.45, 2.75) is 45.7 Å². The van der Waals surface area contributed by atoms with Crippen LogP contribution in [0.1, 0.15) is 49.0 Å². The van der Waals surface area contributed by atoms with Crippen molar-refractivity contribution in [1.82, 2.24) is 24.4 Å². The summed E-state index contributed by atoms with van der Waals surface area (Å²) in [5, 5.41) is 4.32. The quantitative estimate of drug-likeness (QED) is 0.718. The van der Waals surface area contributed by atoms with E-state index in [2.05, 4.69) is 28.8 Å². The molecule has 1 amide bonds. The van der Waals surface area contributed by atoms with Crippen LogP contribution >= 0.6 is 0 Å². The van der Waals surface area contributed by atoms with Crippen molar-refractivity contribution in [3.63, 3.8) is 0 Å². The number of methoxy groups -OCH3 is 1. The second-order valence-corrected chi connectivity index (χ2v) is 6.78. The van der Waals surface area contributed by atoms with Crippen molar-refractivity contribution >= 4 is 17.5 Å². The van der Waals surface area contributed by atoms with Gasteiger partial charge in [0, 0.05) is 31.0 Å². The number of likely N-dealkylation sites (tertiary alicyclic amines) is 1. The molecule has 0 radical (unpaired) electrons. The van der Waals surface area contributed by atoms with E-state index in [1.807, 2.05) is 6.20 Å². The smallest absolute Gasteiger partial charge is 0.328 e. The monoisotopic (exact) mass is 373 g/mol. The number of piperidine rings is 1. The van der Waals surface area contributed by atoms with Gasteiger partial charge in [0.15, 0.2) is 5.65 Å². The highest BCUT2D eigenvalue weighted by Gasteiger charge is 2.34. The SMILES string of the molecule is CCN(CC)Cc1cnc2c(C(=O)N3CCCC[C@H]3C(=O)OC)cnn2c1. The van der Waals surface area contributed by atoms with Gasteiger partial charge in [-0.15, -0.1) is 0 Å². The van der Waals surface area contributed by atoms with E-state index in [-0.39, 0.29) is 11.9 Å². The first kappa shape index (κ1) is 19.3. The Labute approximate surface area is 159 Å². The Balaban J connectivity index is 1.85. The molecule has 27 heavy (non-hydrogen) atoms. The van der Waals surface area contributed by atoms with Crippen LogP contribution in [0.25, 0.3) is 5.65 Å². The van der Waals surface area contributed by atoms with E-state index in [9.17, 15) is 9.59 Å². The number of hydrogen-bond acceptors (Lipinski definition) is 6. The molecular formula is C19H27N5O3. The molecule has 1 aliphatic rings. The van der Waals surface area contributed by atoms with Gasteiger partial charge in [-0.1, -0.05) is 13.8 Å². The molecule has 3 rings (SSSR count). The Morgan fingerprint density at radius 3 is 2.74 bits per heavy atom. The third kappa shape index (κ3) is 3.95. The summed E-state index contributed by atoms with van der Waals surface area (Å²) in [6.07, 6.45) is 7.64. The summed E-state index contributed by atoms with van der Waals surface area (Å²) < 4.78 is 6.52. The number of rotatable bonds is 6. The predicted molar refractivity (Wildman–Crippen MR) is 100 cm³/mol. The number of amides is 1. The fourth-order valence-corrected chi connectivity index (χ4v) is 3.56. The molecule has 0 saturated carbocycles. The lowest BCUT2D eigenvalue weighted by Crippen LogP contribution is -2.48. The van der Waals surface area contributed by atoms with Gasteiger partial charge in [0.2, 0.25) is 0 Å². The number of ether oxygens (including phenoxy) is 1. The van der Waals surface area contributed by atoms with Crippen molar-refractivity contribution in [3.05, 3.63) is 29.7 Å². The van der Waals surface area contributed by atoms with Crippen LogP contribution in [0, 0.1) is 0 Å². The summed E-state index contributed by atoms with van der Waals surface area (Å²) in [6, 6.07) is -0.534. The van der Waals surface area contributed by atoms with E-state index in [1.165, 1.54) is 13.3 Å². The molecule has 0 bridgehead atoms. The minimum Gasteiger partial charge on any atom is -0.467 e. The molecule has 3 heterocycles. The minimum atomic E-state index is -0.534. The first-order valence-corrected chi connectivity index (χ1v) is 9.52. The van der Waals surface area contributed by atoms with Gasteiger partial charge in [0.1, 0.15) is 11.6 Å². The fourth-order valence-electron chi connectivity index (χ4n) is 3.56. The predicted octanol–water partition coefficient (Wildman–Crippen LogP) is 1.74. The zero-order valence-corrected chi connectivity index (χ0v) is 16.2. The van der Waals surface area contributed by atoms with Crippen LogP contribution in [-0.2, 0) is 16.1 Å². The zero-order chi connectivity index (χ0) is 19.4. The summed E-state index contributed by atoms with van der Waals surface area (Å²) in [7, 11) is 1.36. The highest BCUT2D eigenvalue weighted by Crippen LogP contribution is 2.22. The minimum absolute atomic E-state index is 0.218. The Hall–Kier alpha value is -2.48.